The largest absolute Gasteiger partial charge is 0.397 e. The molecule has 0 aromatic rings. The van der Waals surface area contributed by atoms with E-state index in [1.54, 1.807) is 6.92 Å². The second kappa shape index (κ2) is 7.20. The molecule has 1 unspecified atom stereocenters. The quantitative estimate of drug-likeness (QED) is 0.508. The summed E-state index contributed by atoms with van der Waals surface area (Å²) in [6.07, 6.45) is 5.86. The van der Waals surface area contributed by atoms with Gasteiger partial charge in [0, 0.05) is 0 Å². The van der Waals surface area contributed by atoms with Gasteiger partial charge in [-0.1, -0.05) is 39.0 Å². The first-order valence-electron chi connectivity index (χ1n) is 5.11. The first-order valence-corrected chi connectivity index (χ1v) is 6.48. The van der Waals surface area contributed by atoms with Crippen LogP contribution in [-0.4, -0.2) is 19.1 Å². The van der Waals surface area contributed by atoms with Crippen molar-refractivity contribution in [2.45, 2.75) is 58.5 Å². The minimum atomic E-state index is -4.27. The van der Waals surface area contributed by atoms with Gasteiger partial charge >= 0.3 is 10.4 Å². The zero-order valence-electron chi connectivity index (χ0n) is 8.90. The van der Waals surface area contributed by atoms with E-state index in [1.165, 1.54) is 19.3 Å². The third-order valence-electron chi connectivity index (χ3n) is 2.00. The Hall–Kier alpha value is -0.130. The molecule has 1 atom stereocenters. The van der Waals surface area contributed by atoms with E-state index in [1.807, 2.05) is 0 Å². The van der Waals surface area contributed by atoms with Crippen molar-refractivity contribution < 1.29 is 17.2 Å². The zero-order chi connectivity index (χ0) is 11.0. The summed E-state index contributed by atoms with van der Waals surface area (Å²) in [6.45, 7) is 3.79. The topological polar surface area (TPSA) is 63.6 Å². The van der Waals surface area contributed by atoms with Gasteiger partial charge in [-0.25, -0.2) is 4.18 Å². The maximum absolute atomic E-state index is 10.3. The van der Waals surface area contributed by atoms with Crippen LogP contribution in [0.5, 0.6) is 0 Å². The molecule has 0 spiro atoms. The molecule has 0 rings (SSSR count). The Morgan fingerprint density at radius 3 is 2.29 bits per heavy atom. The molecular formula is C9H20O4S. The van der Waals surface area contributed by atoms with Crippen LogP contribution in [0, 0.1) is 0 Å². The van der Waals surface area contributed by atoms with Crippen molar-refractivity contribution >= 4 is 10.4 Å². The van der Waals surface area contributed by atoms with Crippen LogP contribution in [0.3, 0.4) is 0 Å². The van der Waals surface area contributed by atoms with Crippen molar-refractivity contribution in [1.29, 1.82) is 0 Å². The van der Waals surface area contributed by atoms with Crippen LogP contribution in [0.2, 0.25) is 0 Å². The Labute approximate surface area is 86.6 Å². The molecule has 5 heteroatoms. The second-order valence-electron chi connectivity index (χ2n) is 3.54. The van der Waals surface area contributed by atoms with Gasteiger partial charge in [0.15, 0.2) is 0 Å². The molecule has 0 amide bonds. The van der Waals surface area contributed by atoms with Crippen molar-refractivity contribution in [3.63, 3.8) is 0 Å². The van der Waals surface area contributed by atoms with Gasteiger partial charge in [0.05, 0.1) is 6.10 Å². The predicted molar refractivity (Wildman–Crippen MR) is 55.5 cm³/mol. The lowest BCUT2D eigenvalue weighted by atomic mass is 10.1. The van der Waals surface area contributed by atoms with E-state index < -0.39 is 16.5 Å². The minimum Gasteiger partial charge on any atom is -0.264 e. The molecule has 1 N–H and O–H groups in total. The maximum Gasteiger partial charge on any atom is 0.397 e. The third kappa shape index (κ3) is 9.95. The van der Waals surface area contributed by atoms with Gasteiger partial charge in [-0.05, 0) is 13.3 Å². The SMILES string of the molecule is CCCCCCCC(C)OS(=O)(=O)O. The van der Waals surface area contributed by atoms with E-state index in [2.05, 4.69) is 11.1 Å². The van der Waals surface area contributed by atoms with Crippen LogP contribution in [-0.2, 0) is 14.6 Å². The first kappa shape index (κ1) is 13.9. The Kier molecular flexibility index (Phi) is 7.13. The summed E-state index contributed by atoms with van der Waals surface area (Å²) in [5.41, 5.74) is 0. The van der Waals surface area contributed by atoms with Gasteiger partial charge < -0.3 is 0 Å². The molecule has 0 aromatic carbocycles. The summed E-state index contributed by atoms with van der Waals surface area (Å²) in [7, 11) is -4.27. The van der Waals surface area contributed by atoms with Gasteiger partial charge in [-0.2, -0.15) is 8.42 Å². The van der Waals surface area contributed by atoms with Gasteiger partial charge in [0.1, 0.15) is 0 Å². The summed E-state index contributed by atoms with van der Waals surface area (Å²) in [6, 6.07) is 0. The highest BCUT2D eigenvalue weighted by Gasteiger charge is 2.11. The smallest absolute Gasteiger partial charge is 0.264 e. The Balaban J connectivity index is 3.41. The summed E-state index contributed by atoms with van der Waals surface area (Å²) >= 11 is 0. The predicted octanol–water partition coefficient (Wildman–Crippen LogP) is 2.55. The molecule has 0 aromatic heterocycles. The fourth-order valence-corrected chi connectivity index (χ4v) is 1.80. The lowest BCUT2D eigenvalue weighted by Gasteiger charge is -2.09. The van der Waals surface area contributed by atoms with E-state index in [4.69, 9.17) is 4.55 Å². The van der Waals surface area contributed by atoms with E-state index >= 15 is 0 Å². The highest BCUT2D eigenvalue weighted by Crippen LogP contribution is 2.10. The van der Waals surface area contributed by atoms with Crippen LogP contribution in [0.4, 0.5) is 0 Å². The van der Waals surface area contributed by atoms with E-state index in [-0.39, 0.29) is 0 Å². The maximum atomic E-state index is 10.3. The second-order valence-corrected chi connectivity index (χ2v) is 4.59. The Morgan fingerprint density at radius 2 is 1.79 bits per heavy atom. The Morgan fingerprint density at radius 1 is 1.21 bits per heavy atom. The highest BCUT2D eigenvalue weighted by atomic mass is 32.3. The summed E-state index contributed by atoms with van der Waals surface area (Å²) < 4.78 is 33.4. The van der Waals surface area contributed by atoms with Crippen LogP contribution >= 0.6 is 0 Å². The highest BCUT2D eigenvalue weighted by molar-refractivity contribution is 7.80. The van der Waals surface area contributed by atoms with Gasteiger partial charge in [0.25, 0.3) is 0 Å². The van der Waals surface area contributed by atoms with E-state index in [9.17, 15) is 8.42 Å². The summed E-state index contributed by atoms with van der Waals surface area (Å²) in [5.74, 6) is 0. The molecule has 0 aliphatic heterocycles. The molecule has 0 fully saturated rings. The van der Waals surface area contributed by atoms with Crippen molar-refractivity contribution in [3.05, 3.63) is 0 Å². The van der Waals surface area contributed by atoms with Gasteiger partial charge in [-0.15, -0.1) is 0 Å². The molecular weight excluding hydrogens is 204 g/mol. The lowest BCUT2D eigenvalue weighted by molar-refractivity contribution is 0.185. The van der Waals surface area contributed by atoms with Gasteiger partial charge in [-0.3, -0.25) is 4.55 Å². The number of rotatable bonds is 8. The number of hydrogen-bond donors (Lipinski definition) is 1. The summed E-state index contributed by atoms with van der Waals surface area (Å²) in [5, 5.41) is 0. The van der Waals surface area contributed by atoms with Crippen LogP contribution in [0.15, 0.2) is 0 Å². The third-order valence-corrected chi connectivity index (χ3v) is 2.57. The molecule has 0 bridgehead atoms. The number of hydrogen-bond acceptors (Lipinski definition) is 3. The summed E-state index contributed by atoms with van der Waals surface area (Å²) in [4.78, 5) is 0. The normalized spacial score (nSPS) is 14.2. The first-order chi connectivity index (χ1) is 6.45. The van der Waals surface area contributed by atoms with E-state index in [0.29, 0.717) is 6.42 Å². The van der Waals surface area contributed by atoms with E-state index in [0.717, 1.165) is 12.8 Å². The fraction of sp³-hybridized carbons (Fsp3) is 1.00. The molecule has 0 aliphatic carbocycles. The Bertz CT molecular complexity index is 223. The molecule has 4 nitrogen and oxygen atoms in total. The van der Waals surface area contributed by atoms with Crippen LogP contribution in [0.1, 0.15) is 52.4 Å². The molecule has 14 heavy (non-hydrogen) atoms. The van der Waals surface area contributed by atoms with Crippen LogP contribution in [0.25, 0.3) is 0 Å². The standard InChI is InChI=1S/C9H20O4S/c1-3-4-5-6-7-8-9(2)13-14(10,11)12/h9H,3-8H2,1-2H3,(H,10,11,12). The van der Waals surface area contributed by atoms with Crippen molar-refractivity contribution in [2.24, 2.45) is 0 Å². The van der Waals surface area contributed by atoms with Crippen molar-refractivity contribution in [1.82, 2.24) is 0 Å². The van der Waals surface area contributed by atoms with Crippen molar-refractivity contribution in [2.75, 3.05) is 0 Å². The molecule has 0 aliphatic rings. The molecule has 0 saturated carbocycles. The lowest BCUT2D eigenvalue weighted by Crippen LogP contribution is -2.14. The van der Waals surface area contributed by atoms with Crippen molar-refractivity contribution in [3.8, 4) is 0 Å². The van der Waals surface area contributed by atoms with Crippen LogP contribution < -0.4 is 0 Å². The monoisotopic (exact) mass is 224 g/mol. The molecule has 0 radical (unpaired) electrons. The molecule has 0 heterocycles. The molecule has 0 saturated heterocycles. The van der Waals surface area contributed by atoms with Gasteiger partial charge in [0.2, 0.25) is 0 Å². The average molecular weight is 224 g/mol. The number of unbranched alkanes of at least 4 members (excludes halogenated alkanes) is 4. The zero-order valence-corrected chi connectivity index (χ0v) is 9.72. The minimum absolute atomic E-state index is 0.424. The average Bonchev–Trinajstić information content (AvgIpc) is 2.00. The fourth-order valence-electron chi connectivity index (χ4n) is 1.29. The molecule has 86 valence electrons.